The minimum absolute atomic E-state index is 0.160. The van der Waals surface area contributed by atoms with E-state index >= 15 is 0 Å². The summed E-state index contributed by atoms with van der Waals surface area (Å²) < 4.78 is 8.24. The van der Waals surface area contributed by atoms with Gasteiger partial charge in [-0.05, 0) is 59.7 Å². The van der Waals surface area contributed by atoms with Crippen molar-refractivity contribution >= 4 is 17.6 Å². The zero-order valence-electron chi connectivity index (χ0n) is 21.6. The highest BCUT2D eigenvalue weighted by Crippen LogP contribution is 2.40. The van der Waals surface area contributed by atoms with Gasteiger partial charge in [0.1, 0.15) is 5.65 Å². The van der Waals surface area contributed by atoms with Crippen LogP contribution in [0.15, 0.2) is 97.2 Å². The molecule has 0 spiro atoms. The lowest BCUT2D eigenvalue weighted by Crippen LogP contribution is -2.17. The number of imidazole rings is 1. The van der Waals surface area contributed by atoms with E-state index in [0.717, 1.165) is 52.1 Å². The molecule has 6 nitrogen and oxygen atoms in total. The molecule has 3 aromatic carbocycles. The maximum atomic E-state index is 13.2. The van der Waals surface area contributed by atoms with Crippen LogP contribution in [0, 0.1) is 6.92 Å². The number of ether oxygens (including phenoxy) is 1. The van der Waals surface area contributed by atoms with Gasteiger partial charge in [0.2, 0.25) is 0 Å². The summed E-state index contributed by atoms with van der Waals surface area (Å²) in [6, 6.07) is 28.1. The first-order chi connectivity index (χ1) is 19.0. The number of aromatic nitrogens is 2. The van der Waals surface area contributed by atoms with E-state index in [1.807, 2.05) is 79.7 Å². The smallest absolute Gasteiger partial charge is 0.336 e. The number of esters is 1. The number of pyridine rings is 1. The summed E-state index contributed by atoms with van der Waals surface area (Å²) in [6.07, 6.45) is 3.85. The third kappa shape index (κ3) is 5.06. The Balaban J connectivity index is 1.40. The van der Waals surface area contributed by atoms with Crippen molar-refractivity contribution in [3.05, 3.63) is 131 Å². The van der Waals surface area contributed by atoms with Crippen molar-refractivity contribution in [2.24, 2.45) is 0 Å². The first-order valence-electron chi connectivity index (χ1n) is 13.1. The Morgan fingerprint density at radius 3 is 2.38 bits per heavy atom. The number of fused-ring (bicyclic) bond motifs is 1. The van der Waals surface area contributed by atoms with E-state index in [4.69, 9.17) is 9.72 Å². The summed E-state index contributed by atoms with van der Waals surface area (Å²) in [4.78, 5) is 29.9. The van der Waals surface area contributed by atoms with Crippen molar-refractivity contribution in [2.45, 2.75) is 38.2 Å². The third-order valence-electron chi connectivity index (χ3n) is 7.25. The highest BCUT2D eigenvalue weighted by Gasteiger charge is 2.29. The summed E-state index contributed by atoms with van der Waals surface area (Å²) >= 11 is 0. The van der Waals surface area contributed by atoms with E-state index in [1.54, 1.807) is 18.2 Å². The van der Waals surface area contributed by atoms with Gasteiger partial charge >= 0.3 is 11.9 Å². The first kappa shape index (κ1) is 24.6. The van der Waals surface area contributed by atoms with Crippen LogP contribution in [0.5, 0.6) is 0 Å². The maximum Gasteiger partial charge on any atom is 0.336 e. The number of rotatable bonds is 8. The number of hydrogen-bond acceptors (Lipinski definition) is 4. The molecule has 194 valence electrons. The van der Waals surface area contributed by atoms with Gasteiger partial charge in [-0.15, -0.1) is 0 Å². The molecule has 1 saturated carbocycles. The number of hydrogen-bond donors (Lipinski definition) is 1. The monoisotopic (exact) mass is 516 g/mol. The fraction of sp³-hybridized carbons (Fsp3) is 0.182. The molecular formula is C33H28N2O4. The molecular weight excluding hydrogens is 488 g/mol. The highest BCUT2D eigenvalue weighted by atomic mass is 16.5. The molecule has 0 unspecified atom stereocenters. The lowest BCUT2D eigenvalue weighted by molar-refractivity contribution is -0.146. The van der Waals surface area contributed by atoms with Crippen molar-refractivity contribution in [1.82, 2.24) is 9.38 Å². The Bertz CT molecular complexity index is 1670. The van der Waals surface area contributed by atoms with Crippen LogP contribution in [0.1, 0.15) is 63.3 Å². The van der Waals surface area contributed by atoms with Gasteiger partial charge in [-0.25, -0.2) is 9.78 Å². The van der Waals surface area contributed by atoms with Crippen molar-refractivity contribution in [3.8, 4) is 11.1 Å². The molecule has 1 atom stereocenters. The van der Waals surface area contributed by atoms with Crippen LogP contribution in [0.3, 0.4) is 0 Å². The molecule has 1 aliphatic carbocycles. The van der Waals surface area contributed by atoms with Crippen LogP contribution >= 0.6 is 0 Å². The van der Waals surface area contributed by atoms with Crippen molar-refractivity contribution in [2.75, 3.05) is 0 Å². The zero-order chi connectivity index (χ0) is 26.9. The zero-order valence-corrected chi connectivity index (χ0v) is 21.6. The molecule has 0 saturated heterocycles. The van der Waals surface area contributed by atoms with E-state index in [1.165, 1.54) is 0 Å². The van der Waals surface area contributed by atoms with Gasteiger partial charge in [-0.2, -0.15) is 0 Å². The lowest BCUT2D eigenvalue weighted by atomic mass is 9.96. The minimum Gasteiger partial charge on any atom is -0.478 e. The molecule has 6 rings (SSSR count). The van der Waals surface area contributed by atoms with Gasteiger partial charge in [0.05, 0.1) is 23.4 Å². The average Bonchev–Trinajstić information content (AvgIpc) is 3.71. The van der Waals surface area contributed by atoms with Crippen LogP contribution in [0.25, 0.3) is 16.8 Å². The van der Waals surface area contributed by atoms with Gasteiger partial charge in [0, 0.05) is 12.1 Å². The average molecular weight is 517 g/mol. The molecule has 0 radical (unpaired) electrons. The fourth-order valence-electron chi connectivity index (χ4n) is 5.02. The molecule has 0 aliphatic heterocycles. The number of carboxylic acid groups (broad SMARTS) is 1. The Labute approximate surface area is 226 Å². The molecule has 2 heterocycles. The van der Waals surface area contributed by atoms with E-state index in [2.05, 4.69) is 10.6 Å². The normalized spacial score (nSPS) is 13.8. The predicted octanol–water partition coefficient (Wildman–Crippen LogP) is 6.76. The molecule has 1 fully saturated rings. The molecule has 0 bridgehead atoms. The quantitative estimate of drug-likeness (QED) is 0.231. The number of aryl methyl sites for hydroxylation is 1. The summed E-state index contributed by atoms with van der Waals surface area (Å²) in [5, 5.41) is 9.64. The highest BCUT2D eigenvalue weighted by molar-refractivity contribution is 5.96. The number of aromatic carboxylic acids is 1. The van der Waals surface area contributed by atoms with Crippen LogP contribution in [-0.2, 0) is 16.0 Å². The second kappa shape index (κ2) is 10.2. The number of carboxylic acids is 1. The summed E-state index contributed by atoms with van der Waals surface area (Å²) in [6.45, 7) is 2.04. The predicted molar refractivity (Wildman–Crippen MR) is 149 cm³/mol. The second-order valence-electron chi connectivity index (χ2n) is 10.1. The SMILES string of the molecule is Cc1ccc([C@H](OC(=O)Cc2ccccc2)c2ccc(-c3ccccc3C(=O)O)cc2)n2cc(C3CC3)nc12. The number of benzene rings is 3. The Hall–Kier alpha value is -4.71. The van der Waals surface area contributed by atoms with Crippen LogP contribution in [-0.4, -0.2) is 26.4 Å². The maximum absolute atomic E-state index is 13.2. The third-order valence-corrected chi connectivity index (χ3v) is 7.25. The second-order valence-corrected chi connectivity index (χ2v) is 10.1. The summed E-state index contributed by atoms with van der Waals surface area (Å²) in [7, 11) is 0. The standard InChI is InChI=1S/C33H28N2O4/c1-21-11-18-29(35-20-28(24-14-15-24)34-32(21)35)31(39-30(36)19-22-7-3-2-4-8-22)25-16-12-23(13-17-25)26-9-5-6-10-27(26)33(37)38/h2-13,16-18,20,24,31H,14-15,19H2,1H3,(H,37,38)/t31-/m1/s1. The molecule has 2 aromatic heterocycles. The van der Waals surface area contributed by atoms with Gasteiger partial charge in [-0.3, -0.25) is 9.20 Å². The fourth-order valence-corrected chi connectivity index (χ4v) is 5.02. The number of carbonyl (C=O) groups is 2. The van der Waals surface area contributed by atoms with E-state index in [9.17, 15) is 14.7 Å². The van der Waals surface area contributed by atoms with Crippen molar-refractivity contribution in [1.29, 1.82) is 0 Å². The summed E-state index contributed by atoms with van der Waals surface area (Å²) in [5.74, 6) is -0.816. The Morgan fingerprint density at radius 2 is 1.67 bits per heavy atom. The molecule has 39 heavy (non-hydrogen) atoms. The van der Waals surface area contributed by atoms with E-state index in [-0.39, 0.29) is 18.0 Å². The number of carbonyl (C=O) groups excluding carboxylic acids is 1. The van der Waals surface area contributed by atoms with Gasteiger partial charge in [-0.1, -0.05) is 78.9 Å². The number of nitrogens with zero attached hydrogens (tertiary/aromatic N) is 2. The minimum atomic E-state index is -0.976. The molecule has 6 heteroatoms. The van der Waals surface area contributed by atoms with Crippen molar-refractivity contribution in [3.63, 3.8) is 0 Å². The van der Waals surface area contributed by atoms with E-state index in [0.29, 0.717) is 11.5 Å². The first-order valence-corrected chi connectivity index (χ1v) is 13.1. The van der Waals surface area contributed by atoms with Gasteiger partial charge in [0.15, 0.2) is 6.10 Å². The van der Waals surface area contributed by atoms with E-state index < -0.39 is 12.1 Å². The van der Waals surface area contributed by atoms with Crippen LogP contribution in [0.4, 0.5) is 0 Å². The Morgan fingerprint density at radius 1 is 0.949 bits per heavy atom. The lowest BCUT2D eigenvalue weighted by Gasteiger charge is -2.21. The largest absolute Gasteiger partial charge is 0.478 e. The Kier molecular flexibility index (Phi) is 6.45. The molecule has 5 aromatic rings. The summed E-state index contributed by atoms with van der Waals surface area (Å²) in [5.41, 5.74) is 7.13. The topological polar surface area (TPSA) is 80.9 Å². The van der Waals surface area contributed by atoms with Crippen LogP contribution < -0.4 is 0 Å². The molecule has 1 N–H and O–H groups in total. The van der Waals surface area contributed by atoms with Gasteiger partial charge in [0.25, 0.3) is 0 Å². The molecule has 1 aliphatic rings. The van der Waals surface area contributed by atoms with Crippen molar-refractivity contribution < 1.29 is 19.4 Å². The van der Waals surface area contributed by atoms with Crippen LogP contribution in [0.2, 0.25) is 0 Å². The molecule has 0 amide bonds. The van der Waals surface area contributed by atoms with Gasteiger partial charge < -0.3 is 9.84 Å².